The van der Waals surface area contributed by atoms with Crippen molar-refractivity contribution in [1.82, 2.24) is 0 Å². The highest BCUT2D eigenvalue weighted by molar-refractivity contribution is 7.12. The van der Waals surface area contributed by atoms with Crippen LogP contribution in [-0.2, 0) is 11.3 Å². The number of ether oxygens (including phenoxy) is 1. The monoisotopic (exact) mass is 340 g/mol. The molecule has 5 heteroatoms. The molecule has 0 aliphatic carbocycles. The van der Waals surface area contributed by atoms with E-state index in [0.29, 0.717) is 16.0 Å². The van der Waals surface area contributed by atoms with E-state index < -0.39 is 5.97 Å². The lowest BCUT2D eigenvalue weighted by Gasteiger charge is -2.08. The predicted octanol–water partition coefficient (Wildman–Crippen LogP) is 4.48. The Labute approximate surface area is 142 Å². The van der Waals surface area contributed by atoms with E-state index in [-0.39, 0.29) is 23.8 Å². The minimum absolute atomic E-state index is 0.0145. The van der Waals surface area contributed by atoms with E-state index in [9.17, 15) is 14.0 Å². The molecular weight excluding hydrogens is 327 g/mol. The predicted molar refractivity (Wildman–Crippen MR) is 89.7 cm³/mol. The van der Waals surface area contributed by atoms with Crippen LogP contribution in [0.3, 0.4) is 0 Å². The van der Waals surface area contributed by atoms with Crippen LogP contribution in [0.25, 0.3) is 0 Å². The van der Waals surface area contributed by atoms with Gasteiger partial charge in [0.25, 0.3) is 0 Å². The van der Waals surface area contributed by atoms with E-state index in [1.165, 1.54) is 23.5 Å². The van der Waals surface area contributed by atoms with E-state index in [1.807, 2.05) is 5.38 Å². The molecule has 0 aliphatic rings. The topological polar surface area (TPSA) is 43.4 Å². The summed E-state index contributed by atoms with van der Waals surface area (Å²) in [7, 11) is 0. The van der Waals surface area contributed by atoms with E-state index >= 15 is 0 Å². The van der Waals surface area contributed by atoms with Gasteiger partial charge in [0.2, 0.25) is 5.78 Å². The SMILES string of the molecule is O=C(OCc1ccc(F)cc1)c1ccccc1C(=O)c1cccs1. The largest absolute Gasteiger partial charge is 0.457 e. The zero-order valence-electron chi connectivity index (χ0n) is 12.6. The maximum Gasteiger partial charge on any atom is 0.339 e. The highest BCUT2D eigenvalue weighted by atomic mass is 32.1. The van der Waals surface area contributed by atoms with Crippen LogP contribution in [0.15, 0.2) is 66.0 Å². The summed E-state index contributed by atoms with van der Waals surface area (Å²) in [6, 6.07) is 15.8. The van der Waals surface area contributed by atoms with Crippen LogP contribution < -0.4 is 0 Å². The molecule has 0 unspecified atom stereocenters. The fraction of sp³-hybridized carbons (Fsp3) is 0.0526. The molecule has 120 valence electrons. The molecule has 0 fully saturated rings. The number of halogens is 1. The van der Waals surface area contributed by atoms with Gasteiger partial charge in [-0.2, -0.15) is 0 Å². The quantitative estimate of drug-likeness (QED) is 0.508. The molecule has 3 aromatic rings. The molecule has 0 saturated carbocycles. The van der Waals surface area contributed by atoms with Gasteiger partial charge in [-0.25, -0.2) is 9.18 Å². The van der Waals surface area contributed by atoms with Gasteiger partial charge in [0, 0.05) is 5.56 Å². The average molecular weight is 340 g/mol. The van der Waals surface area contributed by atoms with Crippen LogP contribution in [0.4, 0.5) is 4.39 Å². The van der Waals surface area contributed by atoms with Gasteiger partial charge in [0.05, 0.1) is 10.4 Å². The summed E-state index contributed by atoms with van der Waals surface area (Å²) in [6.07, 6.45) is 0. The first-order valence-electron chi connectivity index (χ1n) is 7.24. The number of esters is 1. The molecule has 0 saturated heterocycles. The van der Waals surface area contributed by atoms with E-state index in [4.69, 9.17) is 4.74 Å². The van der Waals surface area contributed by atoms with Gasteiger partial charge in [-0.05, 0) is 35.2 Å². The van der Waals surface area contributed by atoms with Crippen molar-refractivity contribution in [2.45, 2.75) is 6.61 Å². The second-order valence-electron chi connectivity index (χ2n) is 5.05. The zero-order valence-corrected chi connectivity index (χ0v) is 13.4. The van der Waals surface area contributed by atoms with Crippen LogP contribution in [0.2, 0.25) is 0 Å². The number of carbonyl (C=O) groups is 2. The number of carbonyl (C=O) groups excluding carboxylic acids is 2. The molecule has 1 heterocycles. The first-order chi connectivity index (χ1) is 11.6. The van der Waals surface area contributed by atoms with Gasteiger partial charge in [-0.1, -0.05) is 36.4 Å². The highest BCUT2D eigenvalue weighted by Gasteiger charge is 2.19. The second-order valence-corrected chi connectivity index (χ2v) is 6.00. The summed E-state index contributed by atoms with van der Waals surface area (Å²) in [5, 5.41) is 1.81. The van der Waals surface area contributed by atoms with Gasteiger partial charge >= 0.3 is 5.97 Å². The molecule has 0 aliphatic heterocycles. The molecular formula is C19H13FO3S. The summed E-state index contributed by atoms with van der Waals surface area (Å²) in [4.78, 5) is 25.4. The molecule has 0 radical (unpaired) electrons. The maximum absolute atomic E-state index is 12.9. The smallest absolute Gasteiger partial charge is 0.339 e. The van der Waals surface area contributed by atoms with Crippen molar-refractivity contribution in [3.63, 3.8) is 0 Å². The van der Waals surface area contributed by atoms with E-state index in [2.05, 4.69) is 0 Å². The van der Waals surface area contributed by atoms with Crippen molar-refractivity contribution >= 4 is 23.1 Å². The van der Waals surface area contributed by atoms with E-state index in [0.717, 1.165) is 0 Å². The standard InChI is InChI=1S/C19H13FO3S/c20-14-9-7-13(8-10-14)12-23-19(22)16-5-2-1-4-15(16)18(21)17-6-3-11-24-17/h1-11H,12H2. The molecule has 24 heavy (non-hydrogen) atoms. The van der Waals surface area contributed by atoms with Gasteiger partial charge in [-0.15, -0.1) is 11.3 Å². The normalized spacial score (nSPS) is 10.4. The summed E-state index contributed by atoms with van der Waals surface area (Å²) < 4.78 is 18.1. The van der Waals surface area contributed by atoms with Crippen molar-refractivity contribution < 1.29 is 18.7 Å². The highest BCUT2D eigenvalue weighted by Crippen LogP contribution is 2.19. The van der Waals surface area contributed by atoms with Gasteiger partial charge in [0.1, 0.15) is 12.4 Å². The Morgan fingerprint density at radius 1 is 0.917 bits per heavy atom. The number of hydrogen-bond acceptors (Lipinski definition) is 4. The lowest BCUT2D eigenvalue weighted by Crippen LogP contribution is -2.12. The third-order valence-electron chi connectivity index (χ3n) is 3.42. The Kier molecular flexibility index (Phi) is 4.82. The van der Waals surface area contributed by atoms with Crippen LogP contribution in [-0.4, -0.2) is 11.8 Å². The third-order valence-corrected chi connectivity index (χ3v) is 4.29. The molecule has 0 spiro atoms. The Hall–Kier alpha value is -2.79. The molecule has 2 aromatic carbocycles. The second kappa shape index (κ2) is 7.19. The van der Waals surface area contributed by atoms with Gasteiger partial charge in [-0.3, -0.25) is 4.79 Å². The average Bonchev–Trinajstić information content (AvgIpc) is 3.15. The lowest BCUT2D eigenvalue weighted by molar-refractivity contribution is 0.0470. The summed E-state index contributed by atoms with van der Waals surface area (Å²) >= 11 is 1.32. The molecule has 0 bridgehead atoms. The summed E-state index contributed by atoms with van der Waals surface area (Å²) in [5.74, 6) is -1.14. The third kappa shape index (κ3) is 3.58. The number of hydrogen-bond donors (Lipinski definition) is 0. The fourth-order valence-corrected chi connectivity index (χ4v) is 2.88. The van der Waals surface area contributed by atoms with Crippen LogP contribution in [0, 0.1) is 5.82 Å². The Morgan fingerprint density at radius 3 is 2.29 bits per heavy atom. The van der Waals surface area contributed by atoms with Gasteiger partial charge in [0.15, 0.2) is 0 Å². The molecule has 0 atom stereocenters. The molecule has 1 aromatic heterocycles. The van der Waals surface area contributed by atoms with Crippen molar-refractivity contribution in [3.8, 4) is 0 Å². The van der Waals surface area contributed by atoms with Crippen LogP contribution >= 0.6 is 11.3 Å². The van der Waals surface area contributed by atoms with Crippen molar-refractivity contribution in [2.75, 3.05) is 0 Å². The van der Waals surface area contributed by atoms with Crippen molar-refractivity contribution in [3.05, 3.63) is 93.4 Å². The molecule has 3 nitrogen and oxygen atoms in total. The number of thiophene rings is 1. The Balaban J connectivity index is 1.77. The Bertz CT molecular complexity index is 855. The number of rotatable bonds is 5. The molecule has 0 N–H and O–H groups in total. The Morgan fingerprint density at radius 2 is 1.62 bits per heavy atom. The maximum atomic E-state index is 12.9. The molecule has 3 rings (SSSR count). The first-order valence-corrected chi connectivity index (χ1v) is 8.12. The van der Waals surface area contributed by atoms with Crippen molar-refractivity contribution in [2.24, 2.45) is 0 Å². The lowest BCUT2D eigenvalue weighted by atomic mass is 10.0. The van der Waals surface area contributed by atoms with Crippen LogP contribution in [0.1, 0.15) is 31.2 Å². The summed E-state index contributed by atoms with van der Waals surface area (Å²) in [6.45, 7) is 0.0145. The van der Waals surface area contributed by atoms with E-state index in [1.54, 1.807) is 48.5 Å². The minimum atomic E-state index is -0.583. The molecule has 0 amide bonds. The van der Waals surface area contributed by atoms with Crippen LogP contribution in [0.5, 0.6) is 0 Å². The number of benzene rings is 2. The fourth-order valence-electron chi connectivity index (χ4n) is 2.21. The van der Waals surface area contributed by atoms with Crippen molar-refractivity contribution in [1.29, 1.82) is 0 Å². The number of ketones is 1. The van der Waals surface area contributed by atoms with Gasteiger partial charge < -0.3 is 4.74 Å². The first kappa shape index (κ1) is 16.1. The minimum Gasteiger partial charge on any atom is -0.457 e. The zero-order chi connectivity index (χ0) is 16.9. The summed E-state index contributed by atoms with van der Waals surface area (Å²) in [5.41, 5.74) is 1.20.